The number of fused-ring (bicyclic) bond motifs is 1. The van der Waals surface area contributed by atoms with E-state index in [9.17, 15) is 4.79 Å². The number of piperidine rings is 1. The van der Waals surface area contributed by atoms with Crippen molar-refractivity contribution >= 4 is 17.0 Å². The minimum Gasteiger partial charge on any atom is -0.465 e. The first-order valence-corrected chi connectivity index (χ1v) is 9.44. The molecule has 0 N–H and O–H groups in total. The van der Waals surface area contributed by atoms with Crippen molar-refractivity contribution in [2.45, 2.75) is 25.3 Å². The predicted molar refractivity (Wildman–Crippen MR) is 106 cm³/mol. The third-order valence-corrected chi connectivity index (χ3v) is 5.54. The Bertz CT molecular complexity index is 938. The molecule has 0 atom stereocenters. The molecule has 1 aromatic carbocycles. The summed E-state index contributed by atoms with van der Waals surface area (Å²) in [7, 11) is 3.59. The minimum absolute atomic E-state index is 0.309. The molecule has 1 aliphatic heterocycles. The number of likely N-dealkylation sites (tertiary alicyclic amines) is 1. The minimum atomic E-state index is -0.309. The van der Waals surface area contributed by atoms with Gasteiger partial charge in [0.2, 0.25) is 0 Å². The summed E-state index contributed by atoms with van der Waals surface area (Å²) in [6.45, 7) is 3.04. The van der Waals surface area contributed by atoms with Crippen molar-refractivity contribution in [3.63, 3.8) is 0 Å². The molecule has 3 heterocycles. The van der Waals surface area contributed by atoms with Crippen LogP contribution in [-0.4, -0.2) is 47.7 Å². The summed E-state index contributed by atoms with van der Waals surface area (Å²) < 4.78 is 6.90. The van der Waals surface area contributed by atoms with Crippen LogP contribution in [0.1, 0.15) is 40.2 Å². The highest BCUT2D eigenvalue weighted by atomic mass is 16.5. The van der Waals surface area contributed by atoms with Crippen molar-refractivity contribution in [3.8, 4) is 0 Å². The van der Waals surface area contributed by atoms with Gasteiger partial charge in [-0.1, -0.05) is 12.1 Å². The third kappa shape index (κ3) is 3.74. The molecule has 2 aromatic heterocycles. The van der Waals surface area contributed by atoms with Crippen molar-refractivity contribution in [1.29, 1.82) is 0 Å². The summed E-state index contributed by atoms with van der Waals surface area (Å²) in [4.78, 5) is 18.7. The summed E-state index contributed by atoms with van der Waals surface area (Å²) in [6.07, 6.45) is 6.55. The molecule has 1 fully saturated rings. The zero-order valence-corrected chi connectivity index (χ0v) is 15.9. The van der Waals surface area contributed by atoms with E-state index in [2.05, 4.69) is 41.0 Å². The highest BCUT2D eigenvalue weighted by molar-refractivity contribution is 5.89. The predicted octanol–water partition coefficient (Wildman–Crippen LogP) is 3.68. The standard InChI is InChI=1S/C22H25N3O2/c1-24-10-7-17(8-11-24)20-13-19-9-12-25(21(19)23-14-20)15-16-3-5-18(6-4-16)22(26)27-2/h3-6,9,12-14,17H,7-8,10-11,15H2,1-2H3. The fourth-order valence-electron chi connectivity index (χ4n) is 3.85. The molecule has 0 spiro atoms. The van der Waals surface area contributed by atoms with Crippen molar-refractivity contribution in [2.24, 2.45) is 0 Å². The molecule has 3 aromatic rings. The van der Waals surface area contributed by atoms with E-state index < -0.39 is 0 Å². The molecule has 27 heavy (non-hydrogen) atoms. The number of rotatable bonds is 4. The van der Waals surface area contributed by atoms with E-state index in [1.165, 1.54) is 30.9 Å². The van der Waals surface area contributed by atoms with Gasteiger partial charge in [0.15, 0.2) is 0 Å². The monoisotopic (exact) mass is 363 g/mol. The molecule has 0 radical (unpaired) electrons. The molecule has 0 saturated carbocycles. The van der Waals surface area contributed by atoms with Crippen LogP contribution >= 0.6 is 0 Å². The van der Waals surface area contributed by atoms with E-state index >= 15 is 0 Å². The van der Waals surface area contributed by atoms with Gasteiger partial charge in [-0.3, -0.25) is 0 Å². The van der Waals surface area contributed by atoms with Crippen LogP contribution in [0.15, 0.2) is 48.8 Å². The van der Waals surface area contributed by atoms with Gasteiger partial charge in [0, 0.05) is 24.3 Å². The van der Waals surface area contributed by atoms with Crippen molar-refractivity contribution in [2.75, 3.05) is 27.2 Å². The van der Waals surface area contributed by atoms with Gasteiger partial charge < -0.3 is 14.2 Å². The Hall–Kier alpha value is -2.66. The van der Waals surface area contributed by atoms with Gasteiger partial charge >= 0.3 is 5.97 Å². The summed E-state index contributed by atoms with van der Waals surface area (Å²) in [5.41, 5.74) is 4.06. The lowest BCUT2D eigenvalue weighted by Gasteiger charge is -2.29. The lowest BCUT2D eigenvalue weighted by molar-refractivity contribution is 0.0600. The zero-order chi connectivity index (χ0) is 18.8. The van der Waals surface area contributed by atoms with E-state index in [-0.39, 0.29) is 5.97 Å². The van der Waals surface area contributed by atoms with Gasteiger partial charge in [0.25, 0.3) is 0 Å². The second-order valence-corrected chi connectivity index (χ2v) is 7.39. The van der Waals surface area contributed by atoms with E-state index in [0.717, 1.165) is 30.8 Å². The Kier molecular flexibility index (Phi) is 4.94. The molecule has 0 bridgehead atoms. The van der Waals surface area contributed by atoms with E-state index in [1.54, 1.807) is 12.1 Å². The number of nitrogens with zero attached hydrogens (tertiary/aromatic N) is 3. The van der Waals surface area contributed by atoms with Crippen LogP contribution in [0.25, 0.3) is 11.0 Å². The Balaban J connectivity index is 1.52. The summed E-state index contributed by atoms with van der Waals surface area (Å²) in [6, 6.07) is 12.0. The van der Waals surface area contributed by atoms with Gasteiger partial charge in [0.1, 0.15) is 5.65 Å². The maximum atomic E-state index is 11.6. The summed E-state index contributed by atoms with van der Waals surface area (Å²) in [5.74, 6) is 0.309. The van der Waals surface area contributed by atoms with Crippen molar-refractivity contribution in [1.82, 2.24) is 14.5 Å². The maximum absolute atomic E-state index is 11.6. The van der Waals surface area contributed by atoms with Gasteiger partial charge in [0.05, 0.1) is 12.7 Å². The first kappa shape index (κ1) is 17.7. The number of benzene rings is 1. The normalized spacial score (nSPS) is 15.9. The van der Waals surface area contributed by atoms with Gasteiger partial charge in [-0.2, -0.15) is 0 Å². The Morgan fingerprint density at radius 3 is 2.63 bits per heavy atom. The van der Waals surface area contributed by atoms with Gasteiger partial charge in [-0.15, -0.1) is 0 Å². The molecule has 0 amide bonds. The van der Waals surface area contributed by atoms with Crippen LogP contribution in [0.2, 0.25) is 0 Å². The number of carbonyl (C=O) groups is 1. The van der Waals surface area contributed by atoms with Gasteiger partial charge in [-0.05, 0) is 74.3 Å². The Labute approximate surface area is 159 Å². The Morgan fingerprint density at radius 1 is 1.19 bits per heavy atom. The molecule has 4 rings (SSSR count). The lowest BCUT2D eigenvalue weighted by atomic mass is 9.90. The average molecular weight is 363 g/mol. The molecule has 5 nitrogen and oxygen atoms in total. The molecule has 140 valence electrons. The number of aromatic nitrogens is 2. The van der Waals surface area contributed by atoms with Crippen LogP contribution in [0.3, 0.4) is 0 Å². The third-order valence-electron chi connectivity index (χ3n) is 5.54. The topological polar surface area (TPSA) is 47.4 Å². The number of hydrogen-bond acceptors (Lipinski definition) is 4. The van der Waals surface area contributed by atoms with E-state index in [4.69, 9.17) is 9.72 Å². The number of pyridine rings is 1. The Morgan fingerprint density at radius 2 is 1.93 bits per heavy atom. The number of esters is 1. The molecular weight excluding hydrogens is 338 g/mol. The fraction of sp³-hybridized carbons (Fsp3) is 0.364. The van der Waals surface area contributed by atoms with Gasteiger partial charge in [-0.25, -0.2) is 9.78 Å². The second-order valence-electron chi connectivity index (χ2n) is 7.39. The molecule has 5 heteroatoms. The number of hydrogen-bond donors (Lipinski definition) is 0. The summed E-state index contributed by atoms with van der Waals surface area (Å²) >= 11 is 0. The van der Waals surface area contributed by atoms with Crippen LogP contribution in [-0.2, 0) is 11.3 Å². The highest BCUT2D eigenvalue weighted by Crippen LogP contribution is 2.29. The number of carbonyl (C=O) groups excluding carboxylic acids is 1. The van der Waals surface area contributed by atoms with E-state index in [0.29, 0.717) is 11.5 Å². The van der Waals surface area contributed by atoms with E-state index in [1.807, 2.05) is 12.1 Å². The summed E-state index contributed by atoms with van der Waals surface area (Å²) in [5, 5.41) is 1.19. The molecule has 1 saturated heterocycles. The second kappa shape index (κ2) is 7.53. The number of methoxy groups -OCH3 is 1. The van der Waals surface area contributed by atoms with Crippen LogP contribution in [0.4, 0.5) is 0 Å². The molecule has 0 unspecified atom stereocenters. The van der Waals surface area contributed by atoms with Crippen molar-refractivity contribution < 1.29 is 9.53 Å². The highest BCUT2D eigenvalue weighted by Gasteiger charge is 2.19. The molecule has 1 aliphatic rings. The zero-order valence-electron chi connectivity index (χ0n) is 15.9. The number of ether oxygens (including phenoxy) is 1. The average Bonchev–Trinajstić information content (AvgIpc) is 3.10. The maximum Gasteiger partial charge on any atom is 0.337 e. The van der Waals surface area contributed by atoms with Crippen LogP contribution < -0.4 is 0 Å². The SMILES string of the molecule is COC(=O)c1ccc(Cn2ccc3cc(C4CCN(C)CC4)cnc32)cc1. The molecule has 0 aliphatic carbocycles. The first-order chi connectivity index (χ1) is 13.1. The lowest BCUT2D eigenvalue weighted by Crippen LogP contribution is -2.29. The quantitative estimate of drug-likeness (QED) is 0.664. The van der Waals surface area contributed by atoms with Crippen LogP contribution in [0.5, 0.6) is 0 Å². The van der Waals surface area contributed by atoms with Crippen molar-refractivity contribution in [3.05, 3.63) is 65.5 Å². The van der Waals surface area contributed by atoms with Crippen LogP contribution in [0, 0.1) is 0 Å². The first-order valence-electron chi connectivity index (χ1n) is 9.44. The fourth-order valence-corrected chi connectivity index (χ4v) is 3.85. The largest absolute Gasteiger partial charge is 0.465 e. The smallest absolute Gasteiger partial charge is 0.337 e. The molecular formula is C22H25N3O2.